The standard InChI is InChI=1S/C23H22BrNO4/c24-19-5-1-16(2-6-19)3-8-22(26)25-11-9-17(10-12-25)23(27)18-4-7-20-21(15-18)29-14-13-28-20/h1-8,15,17H,9-14H2. The fourth-order valence-electron chi connectivity index (χ4n) is 3.64. The highest BCUT2D eigenvalue weighted by Gasteiger charge is 2.28. The van der Waals surface area contributed by atoms with Crippen LogP contribution in [0, 0.1) is 5.92 Å². The van der Waals surface area contributed by atoms with Crippen molar-refractivity contribution >= 4 is 33.7 Å². The van der Waals surface area contributed by atoms with E-state index in [9.17, 15) is 9.59 Å². The van der Waals surface area contributed by atoms with E-state index >= 15 is 0 Å². The molecule has 0 aliphatic carbocycles. The van der Waals surface area contributed by atoms with E-state index in [2.05, 4.69) is 15.9 Å². The lowest BCUT2D eigenvalue weighted by Crippen LogP contribution is -2.39. The highest BCUT2D eigenvalue weighted by molar-refractivity contribution is 9.10. The Morgan fingerprint density at radius 3 is 2.38 bits per heavy atom. The van der Waals surface area contributed by atoms with Crippen LogP contribution in [0.15, 0.2) is 53.0 Å². The second kappa shape index (κ2) is 8.82. The molecule has 0 radical (unpaired) electrons. The number of benzene rings is 2. The Hall–Kier alpha value is -2.60. The highest BCUT2D eigenvalue weighted by Crippen LogP contribution is 2.32. The molecule has 0 spiro atoms. The first-order chi connectivity index (χ1) is 14.1. The molecule has 6 heteroatoms. The Bertz CT molecular complexity index is 930. The summed E-state index contributed by atoms with van der Waals surface area (Å²) < 4.78 is 12.1. The number of hydrogen-bond acceptors (Lipinski definition) is 4. The van der Waals surface area contributed by atoms with Crippen LogP contribution in [0.1, 0.15) is 28.8 Å². The van der Waals surface area contributed by atoms with Gasteiger partial charge < -0.3 is 14.4 Å². The van der Waals surface area contributed by atoms with Gasteiger partial charge in [0, 0.05) is 35.1 Å². The van der Waals surface area contributed by atoms with Gasteiger partial charge in [-0.3, -0.25) is 9.59 Å². The molecule has 2 aromatic rings. The van der Waals surface area contributed by atoms with Crippen LogP contribution < -0.4 is 9.47 Å². The largest absolute Gasteiger partial charge is 0.486 e. The normalized spacial score (nSPS) is 16.8. The Balaban J connectivity index is 1.33. The molecule has 2 aliphatic rings. The molecule has 1 saturated heterocycles. The van der Waals surface area contributed by atoms with Crippen molar-refractivity contribution < 1.29 is 19.1 Å². The zero-order valence-electron chi connectivity index (χ0n) is 16.0. The number of Topliss-reactive ketones (excluding diaryl/α,β-unsaturated/α-hetero) is 1. The summed E-state index contributed by atoms with van der Waals surface area (Å²) in [6, 6.07) is 13.2. The van der Waals surface area contributed by atoms with Gasteiger partial charge in [-0.15, -0.1) is 0 Å². The maximum absolute atomic E-state index is 12.9. The minimum absolute atomic E-state index is 0.0156. The molecular weight excluding hydrogens is 434 g/mol. The number of nitrogens with zero attached hydrogens (tertiary/aromatic N) is 1. The topological polar surface area (TPSA) is 55.8 Å². The molecule has 0 saturated carbocycles. The average molecular weight is 456 g/mol. The summed E-state index contributed by atoms with van der Waals surface area (Å²) >= 11 is 3.40. The summed E-state index contributed by atoms with van der Waals surface area (Å²) in [6.07, 6.45) is 4.77. The van der Waals surface area contributed by atoms with Crippen LogP contribution in [0.2, 0.25) is 0 Å². The predicted octanol–water partition coefficient (Wildman–Crippen LogP) is 4.36. The Morgan fingerprint density at radius 2 is 1.66 bits per heavy atom. The Morgan fingerprint density at radius 1 is 0.966 bits per heavy atom. The fourth-order valence-corrected chi connectivity index (χ4v) is 3.91. The van der Waals surface area contributed by atoms with E-state index in [1.54, 1.807) is 24.3 Å². The van der Waals surface area contributed by atoms with Crippen molar-refractivity contribution in [3.63, 3.8) is 0 Å². The summed E-state index contributed by atoms with van der Waals surface area (Å²) in [5, 5.41) is 0. The number of carbonyl (C=O) groups is 2. The van der Waals surface area contributed by atoms with Crippen LogP contribution >= 0.6 is 15.9 Å². The van der Waals surface area contributed by atoms with Gasteiger partial charge in [0.25, 0.3) is 0 Å². The number of piperidine rings is 1. The molecular formula is C23H22BrNO4. The van der Waals surface area contributed by atoms with Crippen molar-refractivity contribution in [1.82, 2.24) is 4.90 Å². The molecule has 2 aliphatic heterocycles. The molecule has 150 valence electrons. The number of amides is 1. The average Bonchev–Trinajstić information content (AvgIpc) is 2.78. The van der Waals surface area contributed by atoms with Crippen LogP contribution in [0.5, 0.6) is 11.5 Å². The number of ether oxygens (including phenoxy) is 2. The Kier molecular flexibility index (Phi) is 6.00. The smallest absolute Gasteiger partial charge is 0.246 e. The lowest BCUT2D eigenvalue weighted by Gasteiger charge is -2.30. The summed E-state index contributed by atoms with van der Waals surface area (Å²) in [7, 11) is 0. The van der Waals surface area contributed by atoms with Crippen molar-refractivity contribution in [3.8, 4) is 11.5 Å². The Labute approximate surface area is 178 Å². The van der Waals surface area contributed by atoms with Crippen LogP contribution in [0.4, 0.5) is 0 Å². The molecule has 0 N–H and O–H groups in total. The first kappa shape index (κ1) is 19.7. The van der Waals surface area contributed by atoms with Gasteiger partial charge in [0.05, 0.1) is 0 Å². The molecule has 1 amide bonds. The molecule has 0 atom stereocenters. The molecule has 0 aromatic heterocycles. The number of likely N-dealkylation sites (tertiary alicyclic amines) is 1. The molecule has 5 nitrogen and oxygen atoms in total. The molecule has 1 fully saturated rings. The quantitative estimate of drug-likeness (QED) is 0.507. The van der Waals surface area contributed by atoms with Crippen molar-refractivity contribution in [3.05, 3.63) is 64.1 Å². The zero-order valence-corrected chi connectivity index (χ0v) is 17.6. The second-order valence-corrected chi connectivity index (χ2v) is 8.12. The number of ketones is 1. The number of carbonyl (C=O) groups excluding carboxylic acids is 2. The number of halogens is 1. The van der Waals surface area contributed by atoms with Crippen LogP contribution in [0.3, 0.4) is 0 Å². The number of rotatable bonds is 4. The second-order valence-electron chi connectivity index (χ2n) is 7.21. The lowest BCUT2D eigenvalue weighted by atomic mass is 9.88. The third kappa shape index (κ3) is 4.70. The van der Waals surface area contributed by atoms with Crippen molar-refractivity contribution in [1.29, 1.82) is 0 Å². The van der Waals surface area contributed by atoms with Gasteiger partial charge >= 0.3 is 0 Å². The summed E-state index contributed by atoms with van der Waals surface area (Å²) in [4.78, 5) is 27.2. The molecule has 29 heavy (non-hydrogen) atoms. The number of fused-ring (bicyclic) bond motifs is 1. The highest BCUT2D eigenvalue weighted by atomic mass is 79.9. The number of hydrogen-bond donors (Lipinski definition) is 0. The van der Waals surface area contributed by atoms with E-state index in [0.717, 1.165) is 10.0 Å². The van der Waals surface area contributed by atoms with Gasteiger partial charge in [0.15, 0.2) is 17.3 Å². The van der Waals surface area contributed by atoms with Crippen molar-refractivity contribution in [2.24, 2.45) is 5.92 Å². The third-order valence-corrected chi connectivity index (χ3v) is 5.82. The van der Waals surface area contributed by atoms with E-state index in [1.807, 2.05) is 35.2 Å². The predicted molar refractivity (Wildman–Crippen MR) is 114 cm³/mol. The van der Waals surface area contributed by atoms with Gasteiger partial charge in [0.2, 0.25) is 5.91 Å². The first-order valence-electron chi connectivity index (χ1n) is 9.76. The van der Waals surface area contributed by atoms with Gasteiger partial charge in [-0.1, -0.05) is 28.1 Å². The van der Waals surface area contributed by atoms with E-state index in [-0.39, 0.29) is 17.6 Å². The SMILES string of the molecule is O=C(c1ccc2c(c1)OCCO2)C1CCN(C(=O)C=Cc2ccc(Br)cc2)CC1. The third-order valence-electron chi connectivity index (χ3n) is 5.29. The minimum atomic E-state index is -0.0722. The van der Waals surface area contributed by atoms with Crippen LogP contribution in [-0.4, -0.2) is 42.9 Å². The summed E-state index contributed by atoms with van der Waals surface area (Å²) in [5.74, 6) is 1.34. The van der Waals surface area contributed by atoms with Gasteiger partial charge in [-0.05, 0) is 54.8 Å². The van der Waals surface area contributed by atoms with Gasteiger partial charge in [-0.25, -0.2) is 0 Å². The van der Waals surface area contributed by atoms with E-state index in [4.69, 9.17) is 9.47 Å². The molecule has 0 unspecified atom stereocenters. The van der Waals surface area contributed by atoms with Gasteiger partial charge in [-0.2, -0.15) is 0 Å². The van der Waals surface area contributed by atoms with Crippen LogP contribution in [0.25, 0.3) is 6.08 Å². The van der Waals surface area contributed by atoms with E-state index in [0.29, 0.717) is 56.2 Å². The minimum Gasteiger partial charge on any atom is -0.486 e. The maximum Gasteiger partial charge on any atom is 0.246 e. The molecule has 4 rings (SSSR count). The molecule has 2 aromatic carbocycles. The van der Waals surface area contributed by atoms with E-state index < -0.39 is 0 Å². The fraction of sp³-hybridized carbons (Fsp3) is 0.304. The maximum atomic E-state index is 12.9. The molecule has 0 bridgehead atoms. The van der Waals surface area contributed by atoms with Crippen molar-refractivity contribution in [2.45, 2.75) is 12.8 Å². The molecule has 2 heterocycles. The van der Waals surface area contributed by atoms with E-state index in [1.165, 1.54) is 0 Å². The van der Waals surface area contributed by atoms with Crippen molar-refractivity contribution in [2.75, 3.05) is 26.3 Å². The first-order valence-corrected chi connectivity index (χ1v) is 10.6. The zero-order chi connectivity index (χ0) is 20.2. The van der Waals surface area contributed by atoms with Gasteiger partial charge in [0.1, 0.15) is 13.2 Å². The monoisotopic (exact) mass is 455 g/mol. The summed E-state index contributed by atoms with van der Waals surface area (Å²) in [6.45, 7) is 2.21. The lowest BCUT2D eigenvalue weighted by molar-refractivity contribution is -0.127. The van der Waals surface area contributed by atoms with Crippen LogP contribution in [-0.2, 0) is 4.79 Å². The summed E-state index contributed by atoms with van der Waals surface area (Å²) in [5.41, 5.74) is 1.62.